The van der Waals surface area contributed by atoms with Crippen molar-refractivity contribution in [2.45, 2.75) is 3.92 Å². The highest BCUT2D eigenvalue weighted by Crippen LogP contribution is 2.48. The number of hydrogen-bond acceptors (Lipinski definition) is 0. The van der Waals surface area contributed by atoms with E-state index < -0.39 is 7.92 Å². The zero-order chi connectivity index (χ0) is 13.1. The topological polar surface area (TPSA) is 0 Å². The normalized spacial score (nSPS) is 17.8. The summed E-state index contributed by atoms with van der Waals surface area (Å²) >= 11 is 2.52. The van der Waals surface area contributed by atoms with Gasteiger partial charge in [-0.15, -0.1) is 0 Å². The van der Waals surface area contributed by atoms with Gasteiger partial charge >= 0.3 is 0 Å². The molecule has 2 aromatic carbocycles. The quantitative estimate of drug-likeness (QED) is 0.424. The molecule has 0 aromatic heterocycles. The molecule has 0 nitrogen and oxygen atoms in total. The molecular weight excluding hydrogens is 362 g/mol. The third-order valence-electron chi connectivity index (χ3n) is 3.12. The van der Waals surface area contributed by atoms with Gasteiger partial charge in [-0.2, -0.15) is 0 Å². The summed E-state index contributed by atoms with van der Waals surface area (Å²) in [5.74, 6) is 0. The van der Waals surface area contributed by atoms with Crippen LogP contribution in [0.15, 0.2) is 84.2 Å². The predicted octanol–water partition coefficient (Wildman–Crippen LogP) is 4.38. The van der Waals surface area contributed by atoms with Crippen LogP contribution in [-0.4, -0.2) is 3.92 Å². The second-order valence-corrected chi connectivity index (χ2v) is 7.95. The number of alkyl halides is 1. The minimum absolute atomic E-state index is 0.400. The van der Waals surface area contributed by atoms with Gasteiger partial charge in [-0.1, -0.05) is 101 Å². The molecule has 0 N–H and O–H groups in total. The van der Waals surface area contributed by atoms with Gasteiger partial charge in [0.25, 0.3) is 0 Å². The molecule has 0 fully saturated rings. The summed E-state index contributed by atoms with van der Waals surface area (Å²) in [5.41, 5.74) is 0. The molecule has 1 aliphatic rings. The van der Waals surface area contributed by atoms with E-state index in [0.29, 0.717) is 3.92 Å². The third-order valence-corrected chi connectivity index (χ3v) is 7.27. The Hall–Kier alpha value is -0.920. The molecule has 0 saturated heterocycles. The molecule has 3 rings (SSSR count). The van der Waals surface area contributed by atoms with Crippen molar-refractivity contribution in [3.05, 3.63) is 84.2 Å². The van der Waals surface area contributed by atoms with E-state index in [1.807, 2.05) is 0 Å². The lowest BCUT2D eigenvalue weighted by molar-refractivity contribution is 1.49. The summed E-state index contributed by atoms with van der Waals surface area (Å²) in [4.78, 5) is 0. The summed E-state index contributed by atoms with van der Waals surface area (Å²) in [6.45, 7) is 0. The van der Waals surface area contributed by atoms with Crippen molar-refractivity contribution in [2.24, 2.45) is 0 Å². The summed E-state index contributed by atoms with van der Waals surface area (Å²) in [5, 5.41) is 4.40. The van der Waals surface area contributed by atoms with Crippen LogP contribution in [0.1, 0.15) is 0 Å². The number of allylic oxidation sites excluding steroid dienone is 4. The van der Waals surface area contributed by atoms with Crippen molar-refractivity contribution in [2.75, 3.05) is 0 Å². The first kappa shape index (κ1) is 13.1. The lowest BCUT2D eigenvalue weighted by Crippen LogP contribution is -2.15. The Morgan fingerprint density at radius 3 is 1.74 bits per heavy atom. The zero-order valence-corrected chi connectivity index (χ0v) is 13.5. The minimum Gasteiger partial charge on any atom is -0.0728 e. The average molecular weight is 376 g/mol. The summed E-state index contributed by atoms with van der Waals surface area (Å²) in [6.07, 6.45) is 6.76. The molecule has 1 aliphatic carbocycles. The van der Waals surface area contributed by atoms with Crippen LogP contribution in [0.3, 0.4) is 0 Å². The number of rotatable bonds is 3. The highest BCUT2D eigenvalue weighted by atomic mass is 127. The predicted molar refractivity (Wildman–Crippen MR) is 94.1 cm³/mol. The number of halogens is 1. The Morgan fingerprint density at radius 2 is 1.32 bits per heavy atom. The first-order valence-corrected chi connectivity index (χ1v) is 8.88. The Morgan fingerprint density at radius 1 is 0.789 bits per heavy atom. The number of benzene rings is 2. The van der Waals surface area contributed by atoms with Gasteiger partial charge in [0.2, 0.25) is 0 Å². The molecule has 1 atom stereocenters. The van der Waals surface area contributed by atoms with Crippen molar-refractivity contribution in [3.63, 3.8) is 0 Å². The summed E-state index contributed by atoms with van der Waals surface area (Å²) in [7, 11) is -0.400. The average Bonchev–Trinajstić information content (AvgIpc) is 2.88. The Kier molecular flexibility index (Phi) is 4.15. The maximum absolute atomic E-state index is 2.52. The molecule has 0 heterocycles. The van der Waals surface area contributed by atoms with Crippen molar-refractivity contribution < 1.29 is 0 Å². The van der Waals surface area contributed by atoms with Crippen LogP contribution in [0.5, 0.6) is 0 Å². The van der Waals surface area contributed by atoms with Crippen LogP contribution in [0.2, 0.25) is 0 Å². The largest absolute Gasteiger partial charge is 0.0728 e. The lowest BCUT2D eigenvalue weighted by atomic mass is 10.4. The van der Waals surface area contributed by atoms with E-state index in [0.717, 1.165) is 0 Å². The van der Waals surface area contributed by atoms with Gasteiger partial charge in [-0.3, -0.25) is 0 Å². The first-order chi connectivity index (χ1) is 9.36. The van der Waals surface area contributed by atoms with Crippen molar-refractivity contribution in [3.8, 4) is 0 Å². The minimum atomic E-state index is -0.400. The smallest absolute Gasteiger partial charge is 0.0552 e. The van der Waals surface area contributed by atoms with Crippen LogP contribution in [-0.2, 0) is 0 Å². The standard InChI is InChI=1S/C17H14IP/c18-16-12-7-13-17(16)19(14-8-3-1-4-9-14)15-10-5-2-6-11-15/h1-13,16H. The summed E-state index contributed by atoms with van der Waals surface area (Å²) < 4.78 is 0.518. The highest BCUT2D eigenvalue weighted by molar-refractivity contribution is 14.1. The molecule has 0 bridgehead atoms. The van der Waals surface area contributed by atoms with Crippen LogP contribution in [0, 0.1) is 0 Å². The van der Waals surface area contributed by atoms with Crippen LogP contribution in [0.4, 0.5) is 0 Å². The molecule has 0 saturated carbocycles. The molecular formula is C17H14IP. The van der Waals surface area contributed by atoms with Crippen molar-refractivity contribution in [1.29, 1.82) is 0 Å². The van der Waals surface area contributed by atoms with E-state index in [1.165, 1.54) is 15.9 Å². The van der Waals surface area contributed by atoms with Gasteiger partial charge in [0.15, 0.2) is 0 Å². The van der Waals surface area contributed by atoms with Crippen LogP contribution >= 0.6 is 30.5 Å². The van der Waals surface area contributed by atoms with E-state index in [2.05, 4.69) is 101 Å². The molecule has 2 heteroatoms. The Labute approximate surface area is 129 Å². The molecule has 19 heavy (non-hydrogen) atoms. The summed E-state index contributed by atoms with van der Waals surface area (Å²) in [6, 6.07) is 21.7. The van der Waals surface area contributed by atoms with Crippen molar-refractivity contribution >= 4 is 41.1 Å². The molecule has 0 aliphatic heterocycles. The molecule has 94 valence electrons. The van der Waals surface area contributed by atoms with Gasteiger partial charge in [-0.25, -0.2) is 0 Å². The molecule has 1 unspecified atom stereocenters. The Bertz CT molecular complexity index is 562. The van der Waals surface area contributed by atoms with Crippen molar-refractivity contribution in [1.82, 2.24) is 0 Å². The monoisotopic (exact) mass is 376 g/mol. The zero-order valence-electron chi connectivity index (χ0n) is 10.4. The van der Waals surface area contributed by atoms with Gasteiger partial charge in [0.1, 0.15) is 0 Å². The van der Waals surface area contributed by atoms with Gasteiger partial charge in [0, 0.05) is 0 Å². The van der Waals surface area contributed by atoms with Crippen LogP contribution in [0.25, 0.3) is 0 Å². The SMILES string of the molecule is IC1C=CC=C1P(c1ccccc1)c1ccccc1. The number of hydrogen-bond donors (Lipinski definition) is 0. The fourth-order valence-corrected chi connectivity index (χ4v) is 5.93. The molecule has 0 amide bonds. The maximum atomic E-state index is 2.52. The highest BCUT2D eigenvalue weighted by Gasteiger charge is 2.23. The molecule has 0 radical (unpaired) electrons. The van der Waals surface area contributed by atoms with E-state index >= 15 is 0 Å². The second kappa shape index (κ2) is 6.02. The third kappa shape index (κ3) is 2.82. The fourth-order valence-electron chi connectivity index (χ4n) is 2.24. The van der Waals surface area contributed by atoms with Gasteiger partial charge < -0.3 is 0 Å². The van der Waals surface area contributed by atoms with E-state index in [4.69, 9.17) is 0 Å². The fraction of sp³-hybridized carbons (Fsp3) is 0.0588. The van der Waals surface area contributed by atoms with Crippen LogP contribution < -0.4 is 10.6 Å². The second-order valence-electron chi connectivity index (χ2n) is 4.38. The molecule has 0 spiro atoms. The van der Waals surface area contributed by atoms with Gasteiger partial charge in [0.05, 0.1) is 3.92 Å². The van der Waals surface area contributed by atoms with E-state index in [1.54, 1.807) is 0 Å². The van der Waals surface area contributed by atoms with E-state index in [-0.39, 0.29) is 0 Å². The van der Waals surface area contributed by atoms with Gasteiger partial charge in [-0.05, 0) is 23.8 Å². The maximum Gasteiger partial charge on any atom is 0.0552 e. The molecule has 2 aromatic rings. The first-order valence-electron chi connectivity index (χ1n) is 6.29. The Balaban J connectivity index is 2.07. The lowest BCUT2D eigenvalue weighted by Gasteiger charge is -2.22. The van der Waals surface area contributed by atoms with E-state index in [9.17, 15) is 0 Å².